The van der Waals surface area contributed by atoms with Crippen molar-refractivity contribution in [2.45, 2.75) is 37.6 Å². The highest BCUT2D eigenvalue weighted by Gasteiger charge is 2.43. The third-order valence-corrected chi connectivity index (χ3v) is 2.42. The van der Waals surface area contributed by atoms with E-state index in [0.717, 1.165) is 0 Å². The zero-order chi connectivity index (χ0) is 11.4. The fourth-order valence-electron chi connectivity index (χ4n) is 1.57. The van der Waals surface area contributed by atoms with Crippen LogP contribution in [0.5, 0.6) is 0 Å². The maximum Gasteiger partial charge on any atom is 0.186 e. The first-order chi connectivity index (χ1) is 7.11. The molecule has 0 saturated carbocycles. The van der Waals surface area contributed by atoms with Crippen LogP contribution in [0.25, 0.3) is 0 Å². The number of aliphatic hydroxyl groups is 2. The van der Waals surface area contributed by atoms with Crippen molar-refractivity contribution in [1.82, 2.24) is 0 Å². The summed E-state index contributed by atoms with van der Waals surface area (Å²) in [5, 5.41) is 19.5. The third-order valence-electron chi connectivity index (χ3n) is 2.42. The predicted molar refractivity (Wildman–Crippen MR) is 53.3 cm³/mol. The number of methoxy groups -OCH3 is 1. The van der Waals surface area contributed by atoms with Gasteiger partial charge in [0.1, 0.15) is 18.3 Å². The van der Waals surface area contributed by atoms with Gasteiger partial charge in [0.05, 0.1) is 12.7 Å². The number of hydrogen-bond donors (Lipinski definition) is 2. The molecule has 0 aromatic rings. The van der Waals surface area contributed by atoms with Crippen LogP contribution in [0.1, 0.15) is 6.92 Å². The van der Waals surface area contributed by atoms with Crippen molar-refractivity contribution in [3.8, 4) is 0 Å². The first kappa shape index (κ1) is 12.6. The molecule has 88 valence electrons. The highest BCUT2D eigenvalue weighted by atomic mass is 16.7. The Balaban J connectivity index is 2.65. The summed E-state index contributed by atoms with van der Waals surface area (Å²) in [6, 6.07) is 0. The van der Waals surface area contributed by atoms with E-state index in [1.165, 1.54) is 7.11 Å². The average Bonchev–Trinajstić information content (AvgIpc) is 2.23. The first-order valence-corrected chi connectivity index (χ1v) is 4.88. The summed E-state index contributed by atoms with van der Waals surface area (Å²) in [5.41, 5.74) is 0. The molecule has 0 aliphatic carbocycles. The quantitative estimate of drug-likeness (QED) is 0.632. The van der Waals surface area contributed by atoms with Gasteiger partial charge in [-0.3, -0.25) is 0 Å². The van der Waals surface area contributed by atoms with E-state index in [2.05, 4.69) is 6.58 Å². The smallest absolute Gasteiger partial charge is 0.186 e. The zero-order valence-electron chi connectivity index (χ0n) is 9.00. The predicted octanol–water partition coefficient (Wildman–Crippen LogP) is -0.329. The van der Waals surface area contributed by atoms with Crippen molar-refractivity contribution in [3.05, 3.63) is 12.7 Å². The molecule has 2 N–H and O–H groups in total. The maximum atomic E-state index is 9.77. The Labute approximate surface area is 89.3 Å². The number of rotatable bonds is 4. The van der Waals surface area contributed by atoms with Crippen LogP contribution in [0.3, 0.4) is 0 Å². The van der Waals surface area contributed by atoms with E-state index < -0.39 is 30.7 Å². The SMILES string of the molecule is C=CCO[C@H]1[C@H](O)[C@@H](C)OC(OC)[C@H]1O. The summed E-state index contributed by atoms with van der Waals surface area (Å²) in [7, 11) is 1.43. The summed E-state index contributed by atoms with van der Waals surface area (Å²) in [6.07, 6.45) is -2.22. The molecule has 0 aromatic carbocycles. The lowest BCUT2D eigenvalue weighted by molar-refractivity contribution is -0.292. The Bertz CT molecular complexity index is 208. The summed E-state index contributed by atoms with van der Waals surface area (Å²) < 4.78 is 15.5. The van der Waals surface area contributed by atoms with E-state index in [-0.39, 0.29) is 6.61 Å². The van der Waals surface area contributed by atoms with Gasteiger partial charge in [-0.2, -0.15) is 0 Å². The number of ether oxygens (including phenoxy) is 3. The minimum atomic E-state index is -0.999. The van der Waals surface area contributed by atoms with E-state index in [1.807, 2.05) is 0 Å². The molecule has 1 unspecified atom stereocenters. The van der Waals surface area contributed by atoms with Crippen molar-refractivity contribution in [3.63, 3.8) is 0 Å². The van der Waals surface area contributed by atoms with Crippen molar-refractivity contribution < 1.29 is 24.4 Å². The van der Waals surface area contributed by atoms with Crippen LogP contribution >= 0.6 is 0 Å². The standard InChI is InChI=1S/C10H18O5/c1-4-5-14-9-7(11)6(2)15-10(13-3)8(9)12/h4,6-12H,1,5H2,2-3H3/t6-,7-,8+,9+,10?/m1/s1. The van der Waals surface area contributed by atoms with Crippen LogP contribution in [0.2, 0.25) is 0 Å². The van der Waals surface area contributed by atoms with Crippen LogP contribution in [0, 0.1) is 0 Å². The van der Waals surface area contributed by atoms with Gasteiger partial charge in [-0.1, -0.05) is 6.08 Å². The van der Waals surface area contributed by atoms with E-state index >= 15 is 0 Å². The van der Waals surface area contributed by atoms with Crippen molar-refractivity contribution in [2.75, 3.05) is 13.7 Å². The fraction of sp³-hybridized carbons (Fsp3) is 0.800. The van der Waals surface area contributed by atoms with Crippen molar-refractivity contribution in [2.24, 2.45) is 0 Å². The van der Waals surface area contributed by atoms with Crippen molar-refractivity contribution >= 4 is 0 Å². The Morgan fingerprint density at radius 1 is 1.40 bits per heavy atom. The summed E-state index contributed by atoms with van der Waals surface area (Å²) in [4.78, 5) is 0. The average molecular weight is 218 g/mol. The Kier molecular flexibility index (Phi) is 4.69. The van der Waals surface area contributed by atoms with Gasteiger partial charge in [0.2, 0.25) is 0 Å². The molecular formula is C10H18O5. The Morgan fingerprint density at radius 2 is 2.07 bits per heavy atom. The second-order valence-corrected chi connectivity index (χ2v) is 3.51. The molecule has 1 saturated heterocycles. The first-order valence-electron chi connectivity index (χ1n) is 4.88. The van der Waals surface area contributed by atoms with Gasteiger partial charge in [-0.25, -0.2) is 0 Å². The Morgan fingerprint density at radius 3 is 2.60 bits per heavy atom. The molecule has 1 fully saturated rings. The third kappa shape index (κ3) is 2.76. The molecule has 0 spiro atoms. The largest absolute Gasteiger partial charge is 0.388 e. The lowest BCUT2D eigenvalue weighted by Gasteiger charge is -2.40. The lowest BCUT2D eigenvalue weighted by Crippen LogP contribution is -2.58. The lowest BCUT2D eigenvalue weighted by atomic mass is 10.00. The summed E-state index contributed by atoms with van der Waals surface area (Å²) in [6.45, 7) is 5.47. The molecule has 5 nitrogen and oxygen atoms in total. The van der Waals surface area contributed by atoms with E-state index in [4.69, 9.17) is 14.2 Å². The van der Waals surface area contributed by atoms with Crippen LogP contribution in [-0.4, -0.2) is 54.6 Å². The fourth-order valence-corrected chi connectivity index (χ4v) is 1.57. The second kappa shape index (κ2) is 5.58. The molecule has 0 amide bonds. The molecule has 0 aromatic heterocycles. The molecule has 5 heteroatoms. The monoisotopic (exact) mass is 218 g/mol. The van der Waals surface area contributed by atoms with Crippen LogP contribution in [0.15, 0.2) is 12.7 Å². The van der Waals surface area contributed by atoms with Crippen molar-refractivity contribution in [1.29, 1.82) is 0 Å². The molecule has 1 rings (SSSR count). The molecule has 15 heavy (non-hydrogen) atoms. The Hall–Kier alpha value is -0.460. The topological polar surface area (TPSA) is 68.2 Å². The van der Waals surface area contributed by atoms with Crippen LogP contribution in [0.4, 0.5) is 0 Å². The van der Waals surface area contributed by atoms with Crippen LogP contribution < -0.4 is 0 Å². The van der Waals surface area contributed by atoms with Gasteiger partial charge in [0, 0.05) is 7.11 Å². The highest BCUT2D eigenvalue weighted by molar-refractivity contribution is 4.89. The summed E-state index contributed by atoms with van der Waals surface area (Å²) >= 11 is 0. The normalized spacial score (nSPS) is 41.5. The van der Waals surface area contributed by atoms with E-state index in [1.54, 1.807) is 13.0 Å². The second-order valence-electron chi connectivity index (χ2n) is 3.51. The van der Waals surface area contributed by atoms with Gasteiger partial charge in [0.25, 0.3) is 0 Å². The number of hydrogen-bond acceptors (Lipinski definition) is 5. The molecule has 1 aliphatic heterocycles. The number of aliphatic hydroxyl groups excluding tert-OH is 2. The molecule has 5 atom stereocenters. The van der Waals surface area contributed by atoms with E-state index in [0.29, 0.717) is 0 Å². The van der Waals surface area contributed by atoms with Gasteiger partial charge >= 0.3 is 0 Å². The van der Waals surface area contributed by atoms with Gasteiger partial charge < -0.3 is 24.4 Å². The van der Waals surface area contributed by atoms with Gasteiger partial charge in [-0.05, 0) is 6.92 Å². The van der Waals surface area contributed by atoms with E-state index in [9.17, 15) is 10.2 Å². The van der Waals surface area contributed by atoms with Crippen LogP contribution in [-0.2, 0) is 14.2 Å². The maximum absolute atomic E-state index is 9.77. The molecule has 0 bridgehead atoms. The van der Waals surface area contributed by atoms with Gasteiger partial charge in [-0.15, -0.1) is 6.58 Å². The molecule has 1 heterocycles. The minimum absolute atomic E-state index is 0.266. The van der Waals surface area contributed by atoms with Gasteiger partial charge in [0.15, 0.2) is 6.29 Å². The molecule has 0 radical (unpaired) electrons. The molecular weight excluding hydrogens is 200 g/mol. The highest BCUT2D eigenvalue weighted by Crippen LogP contribution is 2.23. The summed E-state index contributed by atoms with van der Waals surface area (Å²) in [5.74, 6) is 0. The zero-order valence-corrected chi connectivity index (χ0v) is 9.00. The molecule has 1 aliphatic rings. The minimum Gasteiger partial charge on any atom is -0.388 e.